The third-order valence-corrected chi connectivity index (χ3v) is 6.72. The van der Waals surface area contributed by atoms with E-state index in [1.165, 1.54) is 16.4 Å². The van der Waals surface area contributed by atoms with E-state index in [9.17, 15) is 4.79 Å². The predicted molar refractivity (Wildman–Crippen MR) is 90.6 cm³/mol. The van der Waals surface area contributed by atoms with Crippen LogP contribution in [-0.4, -0.2) is 34.4 Å². The second-order valence-corrected chi connectivity index (χ2v) is 8.24. The largest absolute Gasteiger partial charge is 0.318 e. The van der Waals surface area contributed by atoms with Gasteiger partial charge in [0.2, 0.25) is 5.91 Å². The van der Waals surface area contributed by atoms with Gasteiger partial charge in [0.1, 0.15) is 6.17 Å². The highest BCUT2D eigenvalue weighted by Gasteiger charge is 2.45. The van der Waals surface area contributed by atoms with Crippen LogP contribution in [0.3, 0.4) is 0 Å². The molecule has 116 valence electrons. The van der Waals surface area contributed by atoms with Crippen molar-refractivity contribution in [3.05, 3.63) is 22.4 Å². The second kappa shape index (κ2) is 6.71. The number of nitrogens with zero attached hydrogens (tertiary/aromatic N) is 1. The number of thiophene rings is 1. The lowest BCUT2D eigenvalue weighted by Gasteiger charge is -2.34. The number of hydrogen-bond donors (Lipinski definition) is 1. The molecule has 0 aromatic carbocycles. The average molecular weight is 325 g/mol. The first-order valence-corrected chi connectivity index (χ1v) is 9.95. The van der Waals surface area contributed by atoms with E-state index >= 15 is 0 Å². The SMILES string of the molecule is CCC(C)C1NC(c2cccs2)N(C2CCSCC2)C1=O. The Morgan fingerprint density at radius 1 is 1.43 bits per heavy atom. The molecule has 3 heterocycles. The molecule has 0 spiro atoms. The Bertz CT molecular complexity index is 471. The lowest BCUT2D eigenvalue weighted by atomic mass is 9.99. The predicted octanol–water partition coefficient (Wildman–Crippen LogP) is 3.49. The van der Waals surface area contributed by atoms with Crippen LogP contribution in [0, 0.1) is 5.92 Å². The molecule has 3 unspecified atom stereocenters. The van der Waals surface area contributed by atoms with Crippen molar-refractivity contribution in [3.63, 3.8) is 0 Å². The van der Waals surface area contributed by atoms with E-state index < -0.39 is 0 Å². The summed E-state index contributed by atoms with van der Waals surface area (Å²) in [5, 5.41) is 5.73. The van der Waals surface area contributed by atoms with Crippen LogP contribution in [0.4, 0.5) is 0 Å². The number of rotatable bonds is 4. The molecule has 2 aliphatic rings. The smallest absolute Gasteiger partial charge is 0.241 e. The fourth-order valence-electron chi connectivity index (χ4n) is 3.27. The average Bonchev–Trinajstić information content (AvgIpc) is 3.15. The Morgan fingerprint density at radius 2 is 2.19 bits per heavy atom. The van der Waals surface area contributed by atoms with E-state index in [1.807, 2.05) is 11.8 Å². The zero-order chi connectivity index (χ0) is 14.8. The van der Waals surface area contributed by atoms with Crippen LogP contribution in [0.2, 0.25) is 0 Å². The number of hydrogen-bond acceptors (Lipinski definition) is 4. The van der Waals surface area contributed by atoms with E-state index in [2.05, 4.69) is 41.6 Å². The first-order valence-electron chi connectivity index (χ1n) is 7.91. The van der Waals surface area contributed by atoms with Crippen LogP contribution >= 0.6 is 23.1 Å². The summed E-state index contributed by atoms with van der Waals surface area (Å²) in [4.78, 5) is 16.4. The van der Waals surface area contributed by atoms with Crippen LogP contribution in [-0.2, 0) is 4.79 Å². The molecular weight excluding hydrogens is 300 g/mol. The maximum atomic E-state index is 13.0. The van der Waals surface area contributed by atoms with E-state index in [0.29, 0.717) is 17.9 Å². The van der Waals surface area contributed by atoms with Gasteiger partial charge >= 0.3 is 0 Å². The summed E-state index contributed by atoms with van der Waals surface area (Å²) in [7, 11) is 0. The van der Waals surface area contributed by atoms with Crippen molar-refractivity contribution in [2.45, 2.75) is 51.4 Å². The van der Waals surface area contributed by atoms with Crippen molar-refractivity contribution in [2.75, 3.05) is 11.5 Å². The molecule has 2 aliphatic heterocycles. The van der Waals surface area contributed by atoms with Gasteiger partial charge in [0, 0.05) is 10.9 Å². The van der Waals surface area contributed by atoms with E-state index in [4.69, 9.17) is 0 Å². The lowest BCUT2D eigenvalue weighted by molar-refractivity contribution is -0.133. The highest BCUT2D eigenvalue weighted by molar-refractivity contribution is 7.99. The van der Waals surface area contributed by atoms with Crippen molar-refractivity contribution in [3.8, 4) is 0 Å². The molecule has 0 bridgehead atoms. The van der Waals surface area contributed by atoms with E-state index in [0.717, 1.165) is 19.3 Å². The fraction of sp³-hybridized carbons (Fsp3) is 0.688. The normalized spacial score (nSPS) is 29.0. The van der Waals surface area contributed by atoms with Crippen LogP contribution in [0.15, 0.2) is 17.5 Å². The topological polar surface area (TPSA) is 32.3 Å². The van der Waals surface area contributed by atoms with Crippen molar-refractivity contribution < 1.29 is 4.79 Å². The summed E-state index contributed by atoms with van der Waals surface area (Å²) in [5.41, 5.74) is 0. The molecule has 1 amide bonds. The van der Waals surface area contributed by atoms with Crippen LogP contribution in [0.1, 0.15) is 44.2 Å². The molecule has 1 aromatic rings. The van der Waals surface area contributed by atoms with Crippen molar-refractivity contribution in [2.24, 2.45) is 5.92 Å². The molecule has 0 aliphatic carbocycles. The Balaban J connectivity index is 1.86. The summed E-state index contributed by atoms with van der Waals surface area (Å²) in [6.07, 6.45) is 3.39. The number of carbonyl (C=O) groups excluding carboxylic acids is 1. The van der Waals surface area contributed by atoms with Gasteiger partial charge in [-0.2, -0.15) is 11.8 Å². The fourth-order valence-corrected chi connectivity index (χ4v) is 5.14. The summed E-state index contributed by atoms with van der Waals surface area (Å²) in [6, 6.07) is 4.63. The quantitative estimate of drug-likeness (QED) is 0.920. The first kappa shape index (κ1) is 15.4. The van der Waals surface area contributed by atoms with Gasteiger partial charge in [0.15, 0.2) is 0 Å². The molecule has 3 rings (SSSR count). The summed E-state index contributed by atoms with van der Waals surface area (Å²) >= 11 is 3.76. The molecule has 0 radical (unpaired) electrons. The second-order valence-electron chi connectivity index (χ2n) is 6.04. The summed E-state index contributed by atoms with van der Waals surface area (Å²) < 4.78 is 0. The summed E-state index contributed by atoms with van der Waals surface area (Å²) in [5.74, 6) is 3.07. The van der Waals surface area contributed by atoms with Crippen LogP contribution < -0.4 is 5.32 Å². The molecule has 2 fully saturated rings. The van der Waals surface area contributed by atoms with E-state index in [-0.39, 0.29) is 12.2 Å². The molecule has 0 saturated carbocycles. The monoisotopic (exact) mass is 324 g/mol. The number of thioether (sulfide) groups is 1. The Hall–Kier alpha value is -0.520. The van der Waals surface area contributed by atoms with Crippen molar-refractivity contribution >= 4 is 29.0 Å². The Labute approximate surface area is 135 Å². The minimum absolute atomic E-state index is 0.0170. The Morgan fingerprint density at radius 3 is 2.81 bits per heavy atom. The first-order chi connectivity index (χ1) is 10.2. The molecule has 5 heteroatoms. The van der Waals surface area contributed by atoms with Gasteiger partial charge in [0.05, 0.1) is 6.04 Å². The van der Waals surface area contributed by atoms with Gasteiger partial charge in [-0.25, -0.2) is 0 Å². The molecule has 3 nitrogen and oxygen atoms in total. The number of amides is 1. The Kier molecular flexibility index (Phi) is 4.92. The van der Waals surface area contributed by atoms with Gasteiger partial charge < -0.3 is 4.90 Å². The minimum atomic E-state index is -0.0170. The highest BCUT2D eigenvalue weighted by atomic mass is 32.2. The van der Waals surface area contributed by atoms with Crippen molar-refractivity contribution in [1.29, 1.82) is 0 Å². The molecule has 2 saturated heterocycles. The molecule has 3 atom stereocenters. The van der Waals surface area contributed by atoms with Crippen LogP contribution in [0.25, 0.3) is 0 Å². The minimum Gasteiger partial charge on any atom is -0.318 e. The third-order valence-electron chi connectivity index (χ3n) is 4.75. The third kappa shape index (κ3) is 3.01. The lowest BCUT2D eigenvalue weighted by Crippen LogP contribution is -2.42. The maximum absolute atomic E-state index is 13.0. The van der Waals surface area contributed by atoms with Gasteiger partial charge in [-0.3, -0.25) is 10.1 Å². The van der Waals surface area contributed by atoms with Gasteiger partial charge in [0.25, 0.3) is 0 Å². The highest BCUT2D eigenvalue weighted by Crippen LogP contribution is 2.36. The standard InChI is InChI=1S/C16H24N2OS2/c1-3-11(2)14-16(19)18(12-6-9-20-10-7-12)15(17-14)13-5-4-8-21-13/h4-5,8,11-12,14-15,17H,3,6-7,9-10H2,1-2H3. The number of carbonyl (C=O) groups is 1. The summed E-state index contributed by atoms with van der Waals surface area (Å²) in [6.45, 7) is 4.35. The molecular formula is C16H24N2OS2. The van der Waals surface area contributed by atoms with Crippen LogP contribution in [0.5, 0.6) is 0 Å². The molecule has 21 heavy (non-hydrogen) atoms. The molecule has 1 aromatic heterocycles. The zero-order valence-corrected chi connectivity index (χ0v) is 14.4. The molecule has 1 N–H and O–H groups in total. The maximum Gasteiger partial charge on any atom is 0.241 e. The zero-order valence-electron chi connectivity index (χ0n) is 12.7. The van der Waals surface area contributed by atoms with Crippen molar-refractivity contribution in [1.82, 2.24) is 10.2 Å². The van der Waals surface area contributed by atoms with E-state index in [1.54, 1.807) is 11.3 Å². The van der Waals surface area contributed by atoms with Gasteiger partial charge in [-0.15, -0.1) is 11.3 Å². The number of nitrogens with one attached hydrogen (secondary N) is 1. The van der Waals surface area contributed by atoms with Gasteiger partial charge in [-0.1, -0.05) is 26.3 Å². The van der Waals surface area contributed by atoms with Gasteiger partial charge in [-0.05, 0) is 41.7 Å².